The lowest BCUT2D eigenvalue weighted by Crippen LogP contribution is -2.33. The maximum atomic E-state index is 12.5. The van der Waals surface area contributed by atoms with E-state index in [1.807, 2.05) is 0 Å². The number of benzene rings is 1. The van der Waals surface area contributed by atoms with E-state index in [-0.39, 0.29) is 6.07 Å². The largest absolute Gasteiger partial charge is 0.416 e. The van der Waals surface area contributed by atoms with Gasteiger partial charge in [-0.25, -0.2) is 0 Å². The predicted octanol–water partition coefficient (Wildman–Crippen LogP) is 3.05. The zero-order valence-corrected chi connectivity index (χ0v) is 9.52. The molecule has 19 heavy (non-hydrogen) atoms. The van der Waals surface area contributed by atoms with Crippen molar-refractivity contribution in [2.24, 2.45) is 5.73 Å². The summed E-state index contributed by atoms with van der Waals surface area (Å²) in [6.07, 6.45) is -9.85. The molecule has 0 aromatic heterocycles. The molecule has 0 aliphatic heterocycles. The van der Waals surface area contributed by atoms with E-state index >= 15 is 0 Å². The average molecular weight is 285 g/mol. The molecule has 0 heterocycles. The molecule has 0 amide bonds. The van der Waals surface area contributed by atoms with Gasteiger partial charge in [-0.1, -0.05) is 0 Å². The van der Waals surface area contributed by atoms with Crippen LogP contribution in [0.3, 0.4) is 0 Å². The second-order valence-electron chi connectivity index (χ2n) is 3.71. The van der Waals surface area contributed by atoms with Gasteiger partial charge in [-0.05, 0) is 18.2 Å². The van der Waals surface area contributed by atoms with Crippen LogP contribution in [-0.2, 0) is 12.4 Å². The first-order chi connectivity index (χ1) is 8.43. The Labute approximate surface area is 104 Å². The third kappa shape index (κ3) is 3.52. The minimum atomic E-state index is -4.92. The van der Waals surface area contributed by atoms with Crippen molar-refractivity contribution in [3.8, 4) is 0 Å². The van der Waals surface area contributed by atoms with Gasteiger partial charge in [-0.15, -0.1) is 0 Å². The van der Waals surface area contributed by atoms with Crippen LogP contribution in [0.4, 0.5) is 32.0 Å². The molecule has 0 unspecified atom stereocenters. The van der Waals surface area contributed by atoms with Crippen molar-refractivity contribution in [1.29, 1.82) is 5.41 Å². The van der Waals surface area contributed by atoms with Gasteiger partial charge in [0.25, 0.3) is 0 Å². The summed E-state index contributed by atoms with van der Waals surface area (Å²) in [5.74, 6) is -0.674. The molecular weight excluding hydrogens is 276 g/mol. The van der Waals surface area contributed by atoms with Gasteiger partial charge >= 0.3 is 12.4 Å². The van der Waals surface area contributed by atoms with E-state index in [0.717, 1.165) is 7.05 Å². The van der Waals surface area contributed by atoms with E-state index in [1.54, 1.807) is 0 Å². The Morgan fingerprint density at radius 3 is 1.63 bits per heavy atom. The molecule has 0 spiro atoms. The second-order valence-corrected chi connectivity index (χ2v) is 3.71. The van der Waals surface area contributed by atoms with Crippen LogP contribution < -0.4 is 10.6 Å². The van der Waals surface area contributed by atoms with E-state index in [4.69, 9.17) is 11.1 Å². The van der Waals surface area contributed by atoms with E-state index < -0.39 is 35.1 Å². The summed E-state index contributed by atoms with van der Waals surface area (Å²) in [5.41, 5.74) is 1.66. The molecule has 1 aromatic carbocycles. The number of alkyl halides is 6. The van der Waals surface area contributed by atoms with Gasteiger partial charge in [0.1, 0.15) is 0 Å². The minimum Gasteiger partial charge on any atom is -0.370 e. The highest BCUT2D eigenvalue weighted by Crippen LogP contribution is 2.38. The highest BCUT2D eigenvalue weighted by molar-refractivity contribution is 5.92. The van der Waals surface area contributed by atoms with Gasteiger partial charge in [0.2, 0.25) is 0 Å². The van der Waals surface area contributed by atoms with Crippen LogP contribution in [0.25, 0.3) is 0 Å². The van der Waals surface area contributed by atoms with Crippen molar-refractivity contribution in [2.45, 2.75) is 12.4 Å². The normalized spacial score (nSPS) is 12.4. The standard InChI is InChI=1S/C10H9F6N3/c1-19(8(17)18)7-3-5(9(11,12)13)2-6(4-7)10(14,15)16/h2-4H,1H3,(H3,17,18). The monoisotopic (exact) mass is 285 g/mol. The number of hydrogen-bond donors (Lipinski definition) is 2. The molecule has 0 saturated carbocycles. The summed E-state index contributed by atoms with van der Waals surface area (Å²) in [7, 11) is 1.10. The molecule has 3 nitrogen and oxygen atoms in total. The maximum Gasteiger partial charge on any atom is 0.416 e. The molecule has 106 valence electrons. The Kier molecular flexibility index (Phi) is 3.69. The molecule has 1 aromatic rings. The number of anilines is 1. The Hall–Kier alpha value is -1.93. The number of nitrogens with zero attached hydrogens (tertiary/aromatic N) is 1. The van der Waals surface area contributed by atoms with Gasteiger partial charge in [0.05, 0.1) is 11.1 Å². The summed E-state index contributed by atoms with van der Waals surface area (Å²) < 4.78 is 75.2. The number of rotatable bonds is 1. The van der Waals surface area contributed by atoms with E-state index in [9.17, 15) is 26.3 Å². The van der Waals surface area contributed by atoms with E-state index in [1.165, 1.54) is 0 Å². The molecule has 9 heteroatoms. The molecule has 0 aliphatic rings. The van der Waals surface area contributed by atoms with Gasteiger partial charge in [0, 0.05) is 12.7 Å². The van der Waals surface area contributed by atoms with Gasteiger partial charge in [-0.3, -0.25) is 5.41 Å². The zero-order valence-electron chi connectivity index (χ0n) is 9.52. The van der Waals surface area contributed by atoms with E-state index in [2.05, 4.69) is 0 Å². The number of hydrogen-bond acceptors (Lipinski definition) is 1. The highest BCUT2D eigenvalue weighted by atomic mass is 19.4. The van der Waals surface area contributed by atoms with Crippen LogP contribution in [0.2, 0.25) is 0 Å². The summed E-state index contributed by atoms with van der Waals surface area (Å²) in [6, 6.07) is 1.00. The summed E-state index contributed by atoms with van der Waals surface area (Å²) in [4.78, 5) is 0.713. The van der Waals surface area contributed by atoms with Crippen molar-refractivity contribution in [2.75, 3.05) is 11.9 Å². The molecule has 0 aliphatic carbocycles. The number of guanidine groups is 1. The summed E-state index contributed by atoms with van der Waals surface area (Å²) in [5, 5.41) is 7.03. The summed E-state index contributed by atoms with van der Waals surface area (Å²) >= 11 is 0. The van der Waals surface area contributed by atoms with Crippen molar-refractivity contribution in [3.63, 3.8) is 0 Å². The molecular formula is C10H9F6N3. The molecule has 0 fully saturated rings. The van der Waals surface area contributed by atoms with Crippen LogP contribution in [0.5, 0.6) is 0 Å². The lowest BCUT2D eigenvalue weighted by atomic mass is 10.1. The first-order valence-electron chi connectivity index (χ1n) is 4.80. The van der Waals surface area contributed by atoms with Gasteiger partial charge < -0.3 is 10.6 Å². The Bertz CT molecular complexity index is 459. The first-order valence-corrected chi connectivity index (χ1v) is 4.80. The highest BCUT2D eigenvalue weighted by Gasteiger charge is 2.37. The smallest absolute Gasteiger partial charge is 0.370 e. The van der Waals surface area contributed by atoms with Crippen LogP contribution in [0.15, 0.2) is 18.2 Å². The molecule has 0 atom stereocenters. The van der Waals surface area contributed by atoms with Crippen molar-refractivity contribution in [1.82, 2.24) is 0 Å². The second kappa shape index (κ2) is 4.63. The average Bonchev–Trinajstić information content (AvgIpc) is 2.24. The third-order valence-electron chi connectivity index (χ3n) is 2.32. The molecule has 1 rings (SSSR count). The zero-order chi connectivity index (χ0) is 15.0. The fourth-order valence-corrected chi connectivity index (χ4v) is 1.27. The SMILES string of the molecule is CN(C(=N)N)c1cc(C(F)(F)F)cc(C(F)(F)F)c1. The Morgan fingerprint density at radius 2 is 1.37 bits per heavy atom. The predicted molar refractivity (Wildman–Crippen MR) is 56.8 cm³/mol. The quantitative estimate of drug-likeness (QED) is 0.473. The van der Waals surface area contributed by atoms with Crippen LogP contribution in [-0.4, -0.2) is 13.0 Å². The molecule has 0 bridgehead atoms. The van der Waals surface area contributed by atoms with Crippen LogP contribution in [0, 0.1) is 5.41 Å². The Balaban J connectivity index is 3.45. The lowest BCUT2D eigenvalue weighted by molar-refractivity contribution is -0.143. The van der Waals surface area contributed by atoms with Gasteiger partial charge in [0.15, 0.2) is 5.96 Å². The Morgan fingerprint density at radius 1 is 1.00 bits per heavy atom. The van der Waals surface area contributed by atoms with Crippen molar-refractivity contribution < 1.29 is 26.3 Å². The number of nitrogens with one attached hydrogen (secondary N) is 1. The maximum absolute atomic E-state index is 12.5. The van der Waals surface area contributed by atoms with E-state index in [0.29, 0.717) is 17.0 Å². The minimum absolute atomic E-state index is 0.0114. The number of halogens is 6. The topological polar surface area (TPSA) is 53.1 Å². The fraction of sp³-hybridized carbons (Fsp3) is 0.300. The lowest BCUT2D eigenvalue weighted by Gasteiger charge is -2.20. The fourth-order valence-electron chi connectivity index (χ4n) is 1.27. The molecule has 0 radical (unpaired) electrons. The van der Waals surface area contributed by atoms with Crippen LogP contribution in [0.1, 0.15) is 11.1 Å². The van der Waals surface area contributed by atoms with Crippen LogP contribution >= 0.6 is 0 Å². The molecule has 0 saturated heterocycles. The van der Waals surface area contributed by atoms with Crippen molar-refractivity contribution >= 4 is 11.6 Å². The van der Waals surface area contributed by atoms with Crippen molar-refractivity contribution in [3.05, 3.63) is 29.3 Å². The molecule has 3 N–H and O–H groups in total. The number of nitrogens with two attached hydrogens (primary N) is 1. The first kappa shape index (κ1) is 15.1. The third-order valence-corrected chi connectivity index (χ3v) is 2.32. The van der Waals surface area contributed by atoms with Gasteiger partial charge in [-0.2, -0.15) is 26.3 Å². The summed E-state index contributed by atoms with van der Waals surface area (Å²) in [6.45, 7) is 0.